The molecule has 0 radical (unpaired) electrons. The second kappa shape index (κ2) is 9.40. The Bertz CT molecular complexity index is 2120. The Morgan fingerprint density at radius 2 is 1.12 bits per heavy atom. The van der Waals surface area contributed by atoms with Crippen molar-refractivity contribution in [2.75, 3.05) is 4.90 Å². The zero-order valence-corrected chi connectivity index (χ0v) is 24.3. The minimum absolute atomic E-state index is 0.212. The fourth-order valence-corrected chi connectivity index (χ4v) is 7.59. The standard InChI is InChI=1S/C39H28FNS/c1-39(2)33-23-28(27-15-21-38-32(22-27)31-10-6-7-11-37(31)42-38)14-19-35(33)41(36-20-16-29(40)24-34(36)39)30-17-12-26(13-18-30)25-8-4-3-5-9-25/h3-24H,1-2H3. The fraction of sp³-hybridized carbons (Fsp3) is 0.0769. The molecule has 3 heteroatoms. The van der Waals surface area contributed by atoms with Crippen LogP contribution < -0.4 is 4.90 Å². The Morgan fingerprint density at radius 3 is 1.93 bits per heavy atom. The molecule has 0 N–H and O–H groups in total. The predicted molar refractivity (Wildman–Crippen MR) is 177 cm³/mol. The van der Waals surface area contributed by atoms with Gasteiger partial charge in [-0.15, -0.1) is 11.3 Å². The third-order valence-corrected chi connectivity index (χ3v) is 9.88. The van der Waals surface area contributed by atoms with E-state index in [0.717, 1.165) is 22.6 Å². The minimum atomic E-state index is -0.386. The summed E-state index contributed by atoms with van der Waals surface area (Å²) >= 11 is 1.84. The van der Waals surface area contributed by atoms with Crippen LogP contribution in [0.5, 0.6) is 0 Å². The molecule has 1 aliphatic heterocycles. The zero-order valence-electron chi connectivity index (χ0n) is 23.4. The van der Waals surface area contributed by atoms with Gasteiger partial charge < -0.3 is 4.90 Å². The lowest BCUT2D eigenvalue weighted by atomic mass is 9.72. The van der Waals surface area contributed by atoms with Crippen molar-refractivity contribution in [3.05, 3.63) is 150 Å². The molecule has 1 aliphatic rings. The lowest BCUT2D eigenvalue weighted by Crippen LogP contribution is -2.30. The number of benzene rings is 6. The number of rotatable bonds is 3. The van der Waals surface area contributed by atoms with Crippen molar-refractivity contribution in [3.63, 3.8) is 0 Å². The first-order valence-electron chi connectivity index (χ1n) is 14.3. The van der Waals surface area contributed by atoms with E-state index in [1.165, 1.54) is 48.0 Å². The van der Waals surface area contributed by atoms with Gasteiger partial charge in [-0.05, 0) is 94.0 Å². The number of hydrogen-bond acceptors (Lipinski definition) is 2. The van der Waals surface area contributed by atoms with E-state index in [0.29, 0.717) is 0 Å². The lowest BCUT2D eigenvalue weighted by Gasteiger charge is -2.42. The molecular formula is C39H28FNS. The lowest BCUT2D eigenvalue weighted by molar-refractivity contribution is 0.597. The molecule has 0 atom stereocenters. The van der Waals surface area contributed by atoms with Gasteiger partial charge in [0.25, 0.3) is 0 Å². The van der Waals surface area contributed by atoms with Crippen LogP contribution in [0.25, 0.3) is 42.4 Å². The molecule has 8 rings (SSSR count). The molecule has 0 saturated heterocycles. The van der Waals surface area contributed by atoms with Crippen LogP contribution in [0.4, 0.5) is 21.5 Å². The van der Waals surface area contributed by atoms with E-state index in [2.05, 4.69) is 128 Å². The summed E-state index contributed by atoms with van der Waals surface area (Å²) in [5.74, 6) is -0.212. The number of hydrogen-bond donors (Lipinski definition) is 0. The van der Waals surface area contributed by atoms with Gasteiger partial charge in [0.05, 0.1) is 11.4 Å². The zero-order chi connectivity index (χ0) is 28.4. The highest BCUT2D eigenvalue weighted by atomic mass is 32.1. The second-order valence-electron chi connectivity index (χ2n) is 11.6. The molecule has 0 saturated carbocycles. The smallest absolute Gasteiger partial charge is 0.123 e. The Labute approximate surface area is 249 Å². The molecule has 202 valence electrons. The maximum absolute atomic E-state index is 14.8. The first kappa shape index (κ1) is 25.0. The van der Waals surface area contributed by atoms with Gasteiger partial charge in [0.15, 0.2) is 0 Å². The molecule has 42 heavy (non-hydrogen) atoms. The number of nitrogens with zero attached hydrogens (tertiary/aromatic N) is 1. The van der Waals surface area contributed by atoms with E-state index in [-0.39, 0.29) is 11.2 Å². The minimum Gasteiger partial charge on any atom is -0.310 e. The molecular weight excluding hydrogens is 534 g/mol. The molecule has 0 bridgehead atoms. The first-order valence-corrected chi connectivity index (χ1v) is 15.1. The highest BCUT2D eigenvalue weighted by molar-refractivity contribution is 7.25. The van der Waals surface area contributed by atoms with Crippen LogP contribution in [0.3, 0.4) is 0 Å². The largest absolute Gasteiger partial charge is 0.310 e. The van der Waals surface area contributed by atoms with E-state index in [1.54, 1.807) is 12.1 Å². The monoisotopic (exact) mass is 561 g/mol. The van der Waals surface area contributed by atoms with Crippen molar-refractivity contribution in [2.24, 2.45) is 0 Å². The van der Waals surface area contributed by atoms with Gasteiger partial charge in [-0.2, -0.15) is 0 Å². The molecule has 7 aromatic rings. The van der Waals surface area contributed by atoms with Gasteiger partial charge in [-0.3, -0.25) is 0 Å². The average Bonchev–Trinajstić information content (AvgIpc) is 3.40. The molecule has 0 aliphatic carbocycles. The molecule has 1 nitrogen and oxygen atoms in total. The molecule has 1 aromatic heterocycles. The normalized spacial score (nSPS) is 13.7. The van der Waals surface area contributed by atoms with Gasteiger partial charge >= 0.3 is 0 Å². The molecule has 2 heterocycles. The van der Waals surface area contributed by atoms with E-state index in [9.17, 15) is 4.39 Å². The highest BCUT2D eigenvalue weighted by Crippen LogP contribution is 2.53. The van der Waals surface area contributed by atoms with Gasteiger partial charge in [-0.1, -0.05) is 86.6 Å². The van der Waals surface area contributed by atoms with Crippen LogP contribution in [0.1, 0.15) is 25.0 Å². The average molecular weight is 562 g/mol. The summed E-state index contributed by atoms with van der Waals surface area (Å²) in [4.78, 5) is 2.28. The summed E-state index contributed by atoms with van der Waals surface area (Å²) < 4.78 is 17.4. The summed E-state index contributed by atoms with van der Waals surface area (Å²) in [6.45, 7) is 4.42. The van der Waals surface area contributed by atoms with Crippen LogP contribution in [0.15, 0.2) is 133 Å². The predicted octanol–water partition coefficient (Wildman–Crippen LogP) is 11.6. The summed E-state index contributed by atoms with van der Waals surface area (Å²) in [6.07, 6.45) is 0. The third kappa shape index (κ3) is 3.88. The van der Waals surface area contributed by atoms with Gasteiger partial charge in [-0.25, -0.2) is 4.39 Å². The van der Waals surface area contributed by atoms with Gasteiger partial charge in [0.1, 0.15) is 5.82 Å². The molecule has 0 amide bonds. The summed E-state index contributed by atoms with van der Waals surface area (Å²) in [5.41, 5.74) is 9.68. The number of fused-ring (bicyclic) bond motifs is 5. The maximum Gasteiger partial charge on any atom is 0.123 e. The Balaban J connectivity index is 1.29. The fourth-order valence-electron chi connectivity index (χ4n) is 6.51. The topological polar surface area (TPSA) is 3.24 Å². The van der Waals surface area contributed by atoms with E-state index in [4.69, 9.17) is 0 Å². The maximum atomic E-state index is 14.8. The van der Waals surface area contributed by atoms with Crippen LogP contribution in [0, 0.1) is 5.82 Å². The Kier molecular flexibility index (Phi) is 5.60. The number of anilines is 3. The van der Waals surface area contributed by atoms with Crippen molar-refractivity contribution in [1.29, 1.82) is 0 Å². The van der Waals surface area contributed by atoms with Crippen molar-refractivity contribution in [1.82, 2.24) is 0 Å². The highest BCUT2D eigenvalue weighted by Gasteiger charge is 2.37. The summed E-state index contributed by atoms with van der Waals surface area (Å²) in [5, 5.41) is 2.59. The SMILES string of the molecule is CC1(C)c2cc(F)ccc2N(c2ccc(-c3ccccc3)cc2)c2ccc(-c3ccc4sc5ccccc5c4c3)cc21. The van der Waals surface area contributed by atoms with Crippen LogP contribution in [-0.2, 0) is 5.41 Å². The van der Waals surface area contributed by atoms with E-state index in [1.807, 2.05) is 23.5 Å². The quantitative estimate of drug-likeness (QED) is 0.207. The number of halogens is 1. The van der Waals surface area contributed by atoms with E-state index < -0.39 is 0 Å². The van der Waals surface area contributed by atoms with Crippen molar-refractivity contribution in [2.45, 2.75) is 19.3 Å². The van der Waals surface area contributed by atoms with E-state index >= 15 is 0 Å². The molecule has 0 fully saturated rings. The van der Waals surface area contributed by atoms with Crippen molar-refractivity contribution < 1.29 is 4.39 Å². The summed E-state index contributed by atoms with van der Waals surface area (Å²) in [6, 6.07) is 46.5. The first-order chi connectivity index (χ1) is 20.5. The number of thiophene rings is 1. The van der Waals surface area contributed by atoms with Crippen molar-refractivity contribution >= 4 is 48.6 Å². The third-order valence-electron chi connectivity index (χ3n) is 8.73. The Morgan fingerprint density at radius 1 is 0.524 bits per heavy atom. The summed E-state index contributed by atoms with van der Waals surface area (Å²) in [7, 11) is 0. The molecule has 0 spiro atoms. The van der Waals surface area contributed by atoms with Crippen LogP contribution in [-0.4, -0.2) is 0 Å². The van der Waals surface area contributed by atoms with Gasteiger partial charge in [0.2, 0.25) is 0 Å². The Hall–Kier alpha value is -4.73. The van der Waals surface area contributed by atoms with Gasteiger partial charge in [0, 0.05) is 31.3 Å². The van der Waals surface area contributed by atoms with Crippen LogP contribution in [0.2, 0.25) is 0 Å². The second-order valence-corrected chi connectivity index (χ2v) is 12.7. The molecule has 6 aromatic carbocycles. The molecule has 0 unspecified atom stereocenters. The van der Waals surface area contributed by atoms with Crippen molar-refractivity contribution in [3.8, 4) is 22.3 Å². The van der Waals surface area contributed by atoms with Crippen LogP contribution >= 0.6 is 11.3 Å².